The van der Waals surface area contributed by atoms with Crippen molar-refractivity contribution in [2.45, 2.75) is 0 Å². The van der Waals surface area contributed by atoms with Gasteiger partial charge in [-0.25, -0.2) is 9.97 Å². The highest BCUT2D eigenvalue weighted by atomic mass is 35.5. The van der Waals surface area contributed by atoms with Crippen molar-refractivity contribution in [3.63, 3.8) is 0 Å². The number of fused-ring (bicyclic) bond motifs is 1. The second-order valence-electron chi connectivity index (χ2n) is 3.76. The van der Waals surface area contributed by atoms with Gasteiger partial charge < -0.3 is 10.5 Å². The Bertz CT molecular complexity index is 483. The molecule has 0 spiro atoms. The molecular formula is C12H14ClN3O. The molecule has 0 aliphatic rings. The van der Waals surface area contributed by atoms with Crippen LogP contribution in [0.3, 0.4) is 0 Å². The number of rotatable bonds is 5. The number of halogens is 1. The summed E-state index contributed by atoms with van der Waals surface area (Å²) in [4.78, 5) is 8.30. The zero-order valence-electron chi connectivity index (χ0n) is 9.34. The number of ether oxygens (including phenoxy) is 1. The van der Waals surface area contributed by atoms with Gasteiger partial charge in [-0.15, -0.1) is 11.6 Å². The van der Waals surface area contributed by atoms with Crippen LogP contribution in [0.15, 0.2) is 30.6 Å². The van der Waals surface area contributed by atoms with E-state index < -0.39 is 0 Å². The van der Waals surface area contributed by atoms with Crippen LogP contribution in [0.2, 0.25) is 0 Å². The maximum absolute atomic E-state index is 5.76. The molecule has 1 unspecified atom stereocenters. The number of hydrogen-bond donors (Lipinski definition) is 1. The maximum atomic E-state index is 5.76. The lowest BCUT2D eigenvalue weighted by atomic mass is 10.2. The lowest BCUT2D eigenvalue weighted by Crippen LogP contribution is -2.23. The van der Waals surface area contributed by atoms with Gasteiger partial charge in [-0.2, -0.15) is 0 Å². The summed E-state index contributed by atoms with van der Waals surface area (Å²) in [7, 11) is 0. The average molecular weight is 252 g/mol. The lowest BCUT2D eigenvalue weighted by molar-refractivity contribution is 0.259. The number of para-hydroxylation sites is 1. The summed E-state index contributed by atoms with van der Waals surface area (Å²) >= 11 is 5.76. The fourth-order valence-electron chi connectivity index (χ4n) is 1.47. The first-order chi connectivity index (χ1) is 8.35. The van der Waals surface area contributed by atoms with Gasteiger partial charge in [0.2, 0.25) is 5.88 Å². The van der Waals surface area contributed by atoms with E-state index in [4.69, 9.17) is 22.1 Å². The maximum Gasteiger partial charge on any atom is 0.224 e. The highest BCUT2D eigenvalue weighted by Crippen LogP contribution is 2.20. The molecule has 0 radical (unpaired) electrons. The molecular weight excluding hydrogens is 238 g/mol. The van der Waals surface area contributed by atoms with Crippen LogP contribution in [-0.4, -0.2) is 29.0 Å². The van der Waals surface area contributed by atoms with Crippen molar-refractivity contribution >= 4 is 22.5 Å². The van der Waals surface area contributed by atoms with E-state index in [0.717, 1.165) is 10.9 Å². The van der Waals surface area contributed by atoms with Gasteiger partial charge in [-0.05, 0) is 18.7 Å². The van der Waals surface area contributed by atoms with E-state index >= 15 is 0 Å². The molecule has 5 heteroatoms. The fourth-order valence-corrected chi connectivity index (χ4v) is 1.68. The van der Waals surface area contributed by atoms with Crippen molar-refractivity contribution in [2.24, 2.45) is 11.7 Å². The zero-order valence-corrected chi connectivity index (χ0v) is 10.1. The molecule has 0 saturated carbocycles. The van der Waals surface area contributed by atoms with Gasteiger partial charge in [0, 0.05) is 11.8 Å². The third-order valence-electron chi connectivity index (χ3n) is 2.51. The normalized spacial score (nSPS) is 12.6. The van der Waals surface area contributed by atoms with Gasteiger partial charge in [0.15, 0.2) is 0 Å². The monoisotopic (exact) mass is 251 g/mol. The Labute approximate surface area is 105 Å². The molecule has 17 heavy (non-hydrogen) atoms. The van der Waals surface area contributed by atoms with Crippen molar-refractivity contribution in [2.75, 3.05) is 19.0 Å². The van der Waals surface area contributed by atoms with Crippen molar-refractivity contribution in [1.29, 1.82) is 0 Å². The third-order valence-corrected chi connectivity index (χ3v) is 2.95. The summed E-state index contributed by atoms with van der Waals surface area (Å²) in [5.74, 6) is 1.21. The highest BCUT2D eigenvalue weighted by molar-refractivity contribution is 6.18. The average Bonchev–Trinajstić information content (AvgIpc) is 2.40. The van der Waals surface area contributed by atoms with Gasteiger partial charge in [0.25, 0.3) is 0 Å². The SMILES string of the molecule is NCC(CCl)COc1ncnc2ccccc12. The summed E-state index contributed by atoms with van der Waals surface area (Å²) in [6.45, 7) is 0.980. The van der Waals surface area contributed by atoms with E-state index in [0.29, 0.717) is 24.9 Å². The predicted molar refractivity (Wildman–Crippen MR) is 68.3 cm³/mol. The minimum absolute atomic E-state index is 0.144. The molecule has 1 aromatic carbocycles. The largest absolute Gasteiger partial charge is 0.477 e. The fraction of sp³-hybridized carbons (Fsp3) is 0.333. The summed E-state index contributed by atoms with van der Waals surface area (Å²) in [6.07, 6.45) is 1.50. The van der Waals surface area contributed by atoms with E-state index in [2.05, 4.69) is 9.97 Å². The molecule has 1 heterocycles. The quantitative estimate of drug-likeness (QED) is 0.824. The third kappa shape index (κ3) is 2.84. The Hall–Kier alpha value is -1.39. The number of hydrogen-bond acceptors (Lipinski definition) is 4. The Morgan fingerprint density at radius 2 is 2.12 bits per heavy atom. The molecule has 0 aliphatic heterocycles. The molecule has 2 aromatic rings. The number of nitrogens with zero attached hydrogens (tertiary/aromatic N) is 2. The van der Waals surface area contributed by atoms with E-state index in [9.17, 15) is 0 Å². The lowest BCUT2D eigenvalue weighted by Gasteiger charge is -2.12. The second kappa shape index (κ2) is 5.80. The first-order valence-electron chi connectivity index (χ1n) is 5.43. The predicted octanol–water partition coefficient (Wildman–Crippen LogP) is 1.82. The second-order valence-corrected chi connectivity index (χ2v) is 4.07. The molecule has 4 nitrogen and oxygen atoms in total. The first kappa shape index (κ1) is 12.1. The number of alkyl halides is 1. The van der Waals surface area contributed by atoms with Crippen LogP contribution in [0.1, 0.15) is 0 Å². The molecule has 0 aliphatic carbocycles. The summed E-state index contributed by atoms with van der Waals surface area (Å²) in [5.41, 5.74) is 6.43. The minimum atomic E-state index is 0.144. The summed E-state index contributed by atoms with van der Waals surface area (Å²) < 4.78 is 5.65. The van der Waals surface area contributed by atoms with Crippen LogP contribution in [0.25, 0.3) is 10.9 Å². The zero-order chi connectivity index (χ0) is 12.1. The van der Waals surface area contributed by atoms with Gasteiger partial charge >= 0.3 is 0 Å². The smallest absolute Gasteiger partial charge is 0.224 e. The molecule has 0 fully saturated rings. The van der Waals surface area contributed by atoms with Gasteiger partial charge in [0.05, 0.1) is 17.5 Å². The number of nitrogens with two attached hydrogens (primary N) is 1. The van der Waals surface area contributed by atoms with E-state index in [1.807, 2.05) is 24.3 Å². The Morgan fingerprint density at radius 1 is 1.29 bits per heavy atom. The molecule has 2 N–H and O–H groups in total. The summed E-state index contributed by atoms with van der Waals surface area (Å²) in [5, 5.41) is 0.903. The van der Waals surface area contributed by atoms with Gasteiger partial charge in [-0.3, -0.25) is 0 Å². The first-order valence-corrected chi connectivity index (χ1v) is 5.97. The summed E-state index contributed by atoms with van der Waals surface area (Å²) in [6, 6.07) is 7.72. The molecule has 90 valence electrons. The van der Waals surface area contributed by atoms with Crippen LogP contribution in [0.5, 0.6) is 5.88 Å². The van der Waals surface area contributed by atoms with Crippen LogP contribution in [0, 0.1) is 5.92 Å². The Kier molecular flexibility index (Phi) is 4.12. The number of aromatic nitrogens is 2. The minimum Gasteiger partial charge on any atom is -0.477 e. The van der Waals surface area contributed by atoms with E-state index in [-0.39, 0.29) is 5.92 Å². The molecule has 1 aromatic heterocycles. The molecule has 1 atom stereocenters. The van der Waals surface area contributed by atoms with Gasteiger partial charge in [-0.1, -0.05) is 12.1 Å². The van der Waals surface area contributed by atoms with Crippen LogP contribution < -0.4 is 10.5 Å². The van der Waals surface area contributed by atoms with Crippen LogP contribution in [0.4, 0.5) is 0 Å². The number of benzene rings is 1. The Morgan fingerprint density at radius 3 is 2.88 bits per heavy atom. The van der Waals surface area contributed by atoms with Gasteiger partial charge in [0.1, 0.15) is 6.33 Å². The molecule has 0 amide bonds. The Balaban J connectivity index is 2.18. The van der Waals surface area contributed by atoms with Crippen molar-refractivity contribution in [3.8, 4) is 5.88 Å². The van der Waals surface area contributed by atoms with E-state index in [1.165, 1.54) is 6.33 Å². The van der Waals surface area contributed by atoms with Crippen LogP contribution in [-0.2, 0) is 0 Å². The molecule has 0 bridgehead atoms. The molecule has 2 rings (SSSR count). The van der Waals surface area contributed by atoms with Crippen molar-refractivity contribution in [3.05, 3.63) is 30.6 Å². The standard InChI is InChI=1S/C12H14ClN3O/c13-5-9(6-14)7-17-12-10-3-1-2-4-11(10)15-8-16-12/h1-4,8-9H,5-7,14H2. The van der Waals surface area contributed by atoms with Crippen molar-refractivity contribution in [1.82, 2.24) is 9.97 Å². The van der Waals surface area contributed by atoms with Crippen molar-refractivity contribution < 1.29 is 4.74 Å². The highest BCUT2D eigenvalue weighted by Gasteiger charge is 2.09. The van der Waals surface area contributed by atoms with Crippen LogP contribution >= 0.6 is 11.6 Å². The molecule has 0 saturated heterocycles. The van der Waals surface area contributed by atoms with E-state index in [1.54, 1.807) is 0 Å². The topological polar surface area (TPSA) is 61.0 Å².